The van der Waals surface area contributed by atoms with Crippen molar-refractivity contribution in [2.45, 2.75) is 57.9 Å². The van der Waals surface area contributed by atoms with Gasteiger partial charge in [-0.2, -0.15) is 0 Å². The first-order valence-electron chi connectivity index (χ1n) is 9.94. The quantitative estimate of drug-likeness (QED) is 0.805. The Labute approximate surface area is 159 Å². The van der Waals surface area contributed by atoms with Gasteiger partial charge in [0.2, 0.25) is 0 Å². The van der Waals surface area contributed by atoms with Crippen molar-refractivity contribution in [3.05, 3.63) is 33.2 Å². The average Bonchev–Trinajstić information content (AvgIpc) is 3.57. The van der Waals surface area contributed by atoms with E-state index >= 15 is 0 Å². The van der Waals surface area contributed by atoms with E-state index in [1.807, 2.05) is 11.3 Å². The third-order valence-electron chi connectivity index (χ3n) is 5.88. The molecule has 5 rings (SSSR count). The summed E-state index contributed by atoms with van der Waals surface area (Å²) in [5.74, 6) is 3.62. The van der Waals surface area contributed by atoms with E-state index in [0.717, 1.165) is 50.2 Å². The van der Waals surface area contributed by atoms with Crippen LogP contribution in [0, 0.1) is 13.8 Å². The van der Waals surface area contributed by atoms with Gasteiger partial charge in [0.1, 0.15) is 11.6 Å². The number of thiazole rings is 1. The third-order valence-corrected chi connectivity index (χ3v) is 6.93. The number of hydrogen-bond acceptors (Lipinski definition) is 6. The predicted molar refractivity (Wildman–Crippen MR) is 105 cm³/mol. The van der Waals surface area contributed by atoms with Crippen molar-refractivity contribution in [2.75, 3.05) is 31.1 Å². The van der Waals surface area contributed by atoms with E-state index in [2.05, 4.69) is 29.0 Å². The van der Waals surface area contributed by atoms with Crippen molar-refractivity contribution in [1.29, 1.82) is 0 Å². The molecule has 1 saturated heterocycles. The van der Waals surface area contributed by atoms with Crippen LogP contribution in [0.15, 0.2) is 5.38 Å². The molecule has 2 aromatic heterocycles. The highest BCUT2D eigenvalue weighted by Crippen LogP contribution is 2.41. The first kappa shape index (κ1) is 16.6. The first-order valence-corrected chi connectivity index (χ1v) is 10.8. The second-order valence-electron chi connectivity index (χ2n) is 8.10. The normalized spacial score (nSPS) is 21.4. The molecular weight excluding hydrogens is 342 g/mol. The zero-order chi connectivity index (χ0) is 17.7. The molecule has 3 heterocycles. The summed E-state index contributed by atoms with van der Waals surface area (Å²) in [7, 11) is 0. The third kappa shape index (κ3) is 3.37. The fourth-order valence-electron chi connectivity index (χ4n) is 3.73. The summed E-state index contributed by atoms with van der Waals surface area (Å²) < 4.78 is 0. The Bertz CT molecular complexity index is 801. The Morgan fingerprint density at radius 2 is 1.69 bits per heavy atom. The van der Waals surface area contributed by atoms with Crippen molar-refractivity contribution in [2.24, 2.45) is 0 Å². The maximum absolute atomic E-state index is 4.94. The second-order valence-corrected chi connectivity index (χ2v) is 8.99. The van der Waals surface area contributed by atoms with E-state index in [1.54, 1.807) is 0 Å². The molecule has 2 aliphatic carbocycles. The van der Waals surface area contributed by atoms with E-state index in [1.165, 1.54) is 47.8 Å². The van der Waals surface area contributed by atoms with Crippen LogP contribution in [0.4, 0.5) is 5.82 Å². The van der Waals surface area contributed by atoms with E-state index in [9.17, 15) is 0 Å². The SMILES string of the molecule is Cc1nc(C2CC2)nc(N2CCN(Cc3csc(C4CC4)n3)CC2)c1C. The smallest absolute Gasteiger partial charge is 0.135 e. The van der Waals surface area contributed by atoms with Gasteiger partial charge in [0.15, 0.2) is 0 Å². The summed E-state index contributed by atoms with van der Waals surface area (Å²) >= 11 is 1.85. The molecule has 1 aliphatic heterocycles. The summed E-state index contributed by atoms with van der Waals surface area (Å²) in [6.07, 6.45) is 5.19. The highest BCUT2D eigenvalue weighted by molar-refractivity contribution is 7.09. The van der Waals surface area contributed by atoms with E-state index < -0.39 is 0 Å². The van der Waals surface area contributed by atoms with Crippen molar-refractivity contribution in [1.82, 2.24) is 19.9 Å². The standard InChI is InChI=1S/C20H27N5S/c1-13-14(2)21-18(15-3-4-15)23-19(13)25-9-7-24(8-10-25)11-17-12-26-20(22-17)16-5-6-16/h12,15-16H,3-11H2,1-2H3. The largest absolute Gasteiger partial charge is 0.354 e. The molecule has 0 unspecified atom stereocenters. The van der Waals surface area contributed by atoms with Gasteiger partial charge in [-0.1, -0.05) is 0 Å². The lowest BCUT2D eigenvalue weighted by atomic mass is 10.2. The topological polar surface area (TPSA) is 45.2 Å². The molecule has 0 aromatic carbocycles. The van der Waals surface area contributed by atoms with Crippen LogP contribution in [0.3, 0.4) is 0 Å². The lowest BCUT2D eigenvalue weighted by molar-refractivity contribution is 0.246. The predicted octanol–water partition coefficient (Wildman–Crippen LogP) is 3.63. The molecule has 3 fully saturated rings. The monoisotopic (exact) mass is 369 g/mol. The van der Waals surface area contributed by atoms with Gasteiger partial charge in [-0.05, 0) is 39.5 Å². The molecule has 2 aromatic rings. The number of aromatic nitrogens is 3. The summed E-state index contributed by atoms with van der Waals surface area (Å²) in [5, 5.41) is 3.62. The van der Waals surface area contributed by atoms with Crippen molar-refractivity contribution < 1.29 is 0 Å². The van der Waals surface area contributed by atoms with E-state index in [-0.39, 0.29) is 0 Å². The van der Waals surface area contributed by atoms with Gasteiger partial charge in [-0.3, -0.25) is 4.90 Å². The van der Waals surface area contributed by atoms with Gasteiger partial charge in [-0.25, -0.2) is 15.0 Å². The van der Waals surface area contributed by atoms with Crippen LogP contribution >= 0.6 is 11.3 Å². The molecule has 0 N–H and O–H groups in total. The maximum Gasteiger partial charge on any atom is 0.135 e. The van der Waals surface area contributed by atoms with Gasteiger partial charge in [0, 0.05) is 61.2 Å². The minimum atomic E-state index is 0.611. The number of piperazine rings is 1. The summed E-state index contributed by atoms with van der Waals surface area (Å²) in [6.45, 7) is 9.54. The molecular formula is C20H27N5S. The lowest BCUT2D eigenvalue weighted by Crippen LogP contribution is -2.46. The zero-order valence-electron chi connectivity index (χ0n) is 15.7. The van der Waals surface area contributed by atoms with Crippen LogP contribution in [0.2, 0.25) is 0 Å². The Kier molecular flexibility index (Phi) is 4.20. The minimum absolute atomic E-state index is 0.611. The van der Waals surface area contributed by atoms with Crippen LogP contribution in [0.5, 0.6) is 0 Å². The van der Waals surface area contributed by atoms with Crippen LogP contribution in [-0.4, -0.2) is 46.0 Å². The van der Waals surface area contributed by atoms with Crippen molar-refractivity contribution in [3.8, 4) is 0 Å². The number of anilines is 1. The molecule has 0 bridgehead atoms. The van der Waals surface area contributed by atoms with Gasteiger partial charge in [-0.15, -0.1) is 11.3 Å². The fraction of sp³-hybridized carbons (Fsp3) is 0.650. The number of aryl methyl sites for hydroxylation is 1. The Hall–Kier alpha value is -1.53. The second kappa shape index (κ2) is 6.57. The average molecular weight is 370 g/mol. The highest BCUT2D eigenvalue weighted by Gasteiger charge is 2.30. The van der Waals surface area contributed by atoms with Crippen molar-refractivity contribution >= 4 is 17.2 Å². The summed E-state index contributed by atoms with van der Waals surface area (Å²) in [5.41, 5.74) is 3.65. The Balaban J connectivity index is 1.23. The molecule has 3 aliphatic rings. The molecule has 0 spiro atoms. The van der Waals surface area contributed by atoms with Crippen LogP contribution in [0.25, 0.3) is 0 Å². The van der Waals surface area contributed by atoms with Crippen LogP contribution in [-0.2, 0) is 6.54 Å². The van der Waals surface area contributed by atoms with Gasteiger partial charge in [0.05, 0.1) is 10.7 Å². The molecule has 0 amide bonds. The van der Waals surface area contributed by atoms with Crippen LogP contribution in [0.1, 0.15) is 65.3 Å². The van der Waals surface area contributed by atoms with E-state index in [4.69, 9.17) is 15.0 Å². The molecule has 138 valence electrons. The molecule has 26 heavy (non-hydrogen) atoms. The molecule has 2 saturated carbocycles. The minimum Gasteiger partial charge on any atom is -0.354 e. The molecule has 5 nitrogen and oxygen atoms in total. The van der Waals surface area contributed by atoms with Crippen molar-refractivity contribution in [3.63, 3.8) is 0 Å². The summed E-state index contributed by atoms with van der Waals surface area (Å²) in [6, 6.07) is 0. The molecule has 0 atom stereocenters. The van der Waals surface area contributed by atoms with E-state index in [0.29, 0.717) is 5.92 Å². The highest BCUT2D eigenvalue weighted by atomic mass is 32.1. The first-order chi connectivity index (χ1) is 12.7. The van der Waals surface area contributed by atoms with Gasteiger partial charge in [0.25, 0.3) is 0 Å². The molecule has 0 radical (unpaired) electrons. The van der Waals surface area contributed by atoms with Crippen LogP contribution < -0.4 is 4.90 Å². The number of hydrogen-bond donors (Lipinski definition) is 0. The fourth-order valence-corrected chi connectivity index (χ4v) is 4.71. The Morgan fingerprint density at radius 3 is 2.38 bits per heavy atom. The molecule has 6 heteroatoms. The Morgan fingerprint density at radius 1 is 0.962 bits per heavy atom. The lowest BCUT2D eigenvalue weighted by Gasteiger charge is -2.36. The zero-order valence-corrected chi connectivity index (χ0v) is 16.6. The summed E-state index contributed by atoms with van der Waals surface area (Å²) in [4.78, 5) is 19.5. The number of nitrogens with zero attached hydrogens (tertiary/aromatic N) is 5. The number of rotatable bonds is 5. The van der Waals surface area contributed by atoms with Gasteiger partial charge < -0.3 is 4.90 Å². The maximum atomic E-state index is 4.94. The van der Waals surface area contributed by atoms with Gasteiger partial charge >= 0.3 is 0 Å².